The van der Waals surface area contributed by atoms with E-state index in [1.54, 1.807) is 0 Å². The summed E-state index contributed by atoms with van der Waals surface area (Å²) in [6.45, 7) is 10.3. The second kappa shape index (κ2) is 12.3. The van der Waals surface area contributed by atoms with Crippen molar-refractivity contribution in [3.63, 3.8) is 0 Å². The molecule has 0 radical (unpaired) electrons. The van der Waals surface area contributed by atoms with Gasteiger partial charge in [0, 0.05) is 32.3 Å². The van der Waals surface area contributed by atoms with Gasteiger partial charge in [-0.25, -0.2) is 0 Å². The van der Waals surface area contributed by atoms with E-state index in [1.807, 2.05) is 0 Å². The molecule has 0 aliphatic carbocycles. The zero-order valence-corrected chi connectivity index (χ0v) is 17.2. The van der Waals surface area contributed by atoms with Crippen LogP contribution in [0.2, 0.25) is 0 Å². The molecule has 2 saturated heterocycles. The molecule has 6 heteroatoms. The number of likely N-dealkylation sites (tertiary alicyclic amines) is 1. The molecule has 2 aliphatic heterocycles. The van der Waals surface area contributed by atoms with E-state index in [0.717, 1.165) is 51.2 Å². The molecule has 2 rings (SSSR count). The molecular formula is C17H35IN4O. The fourth-order valence-corrected chi connectivity index (χ4v) is 3.46. The third kappa shape index (κ3) is 7.56. The number of rotatable bonds is 7. The summed E-state index contributed by atoms with van der Waals surface area (Å²) in [5.74, 6) is 0.933. The van der Waals surface area contributed by atoms with Crippen LogP contribution in [0, 0.1) is 0 Å². The van der Waals surface area contributed by atoms with E-state index in [0.29, 0.717) is 6.10 Å². The zero-order valence-electron chi connectivity index (χ0n) is 14.9. The zero-order chi connectivity index (χ0) is 15.6. The lowest BCUT2D eigenvalue weighted by Gasteiger charge is -2.35. The van der Waals surface area contributed by atoms with Crippen molar-refractivity contribution in [2.45, 2.75) is 64.5 Å². The maximum absolute atomic E-state index is 5.64. The number of hydrogen-bond acceptors (Lipinski definition) is 3. The van der Waals surface area contributed by atoms with Gasteiger partial charge in [0.1, 0.15) is 0 Å². The number of piperidine rings is 1. The minimum absolute atomic E-state index is 0. The normalized spacial score (nSPS) is 25.9. The van der Waals surface area contributed by atoms with Crippen molar-refractivity contribution in [3.05, 3.63) is 0 Å². The van der Waals surface area contributed by atoms with Gasteiger partial charge in [-0.15, -0.1) is 24.0 Å². The largest absolute Gasteiger partial charge is 0.376 e. The maximum Gasteiger partial charge on any atom is 0.191 e. The highest BCUT2D eigenvalue weighted by molar-refractivity contribution is 14.0. The van der Waals surface area contributed by atoms with Gasteiger partial charge >= 0.3 is 0 Å². The fraction of sp³-hybridized carbons (Fsp3) is 0.941. The standard InChI is InChI=1S/C17H34N4O.HI/c1-3-15-8-5-6-11-21(15)12-10-19-17(18-4-2)20-14-16-9-7-13-22-16;/h15-16H,3-14H2,1-2H3,(H2,18,19,20);1H. The molecule has 2 heterocycles. The number of aliphatic imine (C=N–C) groups is 1. The molecule has 0 saturated carbocycles. The molecule has 0 amide bonds. The molecule has 2 N–H and O–H groups in total. The highest BCUT2D eigenvalue weighted by Gasteiger charge is 2.20. The van der Waals surface area contributed by atoms with Gasteiger partial charge in [-0.1, -0.05) is 13.3 Å². The van der Waals surface area contributed by atoms with Crippen molar-refractivity contribution in [2.75, 3.05) is 39.3 Å². The molecule has 5 nitrogen and oxygen atoms in total. The second-order valence-corrected chi connectivity index (χ2v) is 6.38. The molecule has 0 aromatic carbocycles. The van der Waals surface area contributed by atoms with E-state index in [2.05, 4.69) is 34.4 Å². The Hall–Kier alpha value is -0.0800. The lowest BCUT2D eigenvalue weighted by molar-refractivity contribution is 0.117. The van der Waals surface area contributed by atoms with Crippen LogP contribution in [0.3, 0.4) is 0 Å². The van der Waals surface area contributed by atoms with Gasteiger partial charge < -0.3 is 15.4 Å². The van der Waals surface area contributed by atoms with Crippen molar-refractivity contribution in [1.29, 1.82) is 0 Å². The number of nitrogens with zero attached hydrogens (tertiary/aromatic N) is 2. The van der Waals surface area contributed by atoms with Crippen LogP contribution in [0.15, 0.2) is 4.99 Å². The van der Waals surface area contributed by atoms with E-state index in [4.69, 9.17) is 4.74 Å². The molecule has 136 valence electrons. The van der Waals surface area contributed by atoms with Crippen LogP contribution in [-0.2, 0) is 4.74 Å². The summed E-state index contributed by atoms with van der Waals surface area (Å²) in [5, 5.41) is 6.81. The van der Waals surface area contributed by atoms with Gasteiger partial charge in [0.05, 0.1) is 12.6 Å². The molecule has 0 spiro atoms. The monoisotopic (exact) mass is 438 g/mol. The number of guanidine groups is 1. The second-order valence-electron chi connectivity index (χ2n) is 6.38. The predicted octanol–water partition coefficient (Wildman–Crippen LogP) is 2.60. The van der Waals surface area contributed by atoms with Crippen molar-refractivity contribution in [1.82, 2.24) is 15.5 Å². The van der Waals surface area contributed by atoms with E-state index in [9.17, 15) is 0 Å². The smallest absolute Gasteiger partial charge is 0.191 e. The summed E-state index contributed by atoms with van der Waals surface area (Å²) in [6, 6.07) is 0.780. The fourth-order valence-electron chi connectivity index (χ4n) is 3.46. The van der Waals surface area contributed by atoms with E-state index < -0.39 is 0 Å². The average molecular weight is 438 g/mol. The molecule has 2 fully saturated rings. The Bertz CT molecular complexity index is 335. The summed E-state index contributed by atoms with van der Waals surface area (Å²) >= 11 is 0. The Morgan fingerprint density at radius 2 is 2.04 bits per heavy atom. The number of nitrogens with one attached hydrogen (secondary N) is 2. The van der Waals surface area contributed by atoms with Crippen LogP contribution in [0.5, 0.6) is 0 Å². The molecule has 2 unspecified atom stereocenters. The summed E-state index contributed by atoms with van der Waals surface area (Å²) in [7, 11) is 0. The molecule has 0 aromatic rings. The summed E-state index contributed by atoms with van der Waals surface area (Å²) in [4.78, 5) is 7.31. The quantitative estimate of drug-likeness (QED) is 0.365. The van der Waals surface area contributed by atoms with Gasteiger partial charge in [0.2, 0.25) is 0 Å². The Morgan fingerprint density at radius 3 is 2.74 bits per heavy atom. The van der Waals surface area contributed by atoms with Crippen molar-refractivity contribution < 1.29 is 4.74 Å². The first-order chi connectivity index (χ1) is 10.8. The highest BCUT2D eigenvalue weighted by Crippen LogP contribution is 2.18. The van der Waals surface area contributed by atoms with Crippen LogP contribution >= 0.6 is 24.0 Å². The molecule has 2 atom stereocenters. The van der Waals surface area contributed by atoms with Crippen LogP contribution in [0.25, 0.3) is 0 Å². The van der Waals surface area contributed by atoms with Gasteiger partial charge in [0.15, 0.2) is 5.96 Å². The Kier molecular flexibility index (Phi) is 11.2. The van der Waals surface area contributed by atoms with E-state index >= 15 is 0 Å². The van der Waals surface area contributed by atoms with Crippen LogP contribution in [0.4, 0.5) is 0 Å². The Balaban J connectivity index is 0.00000264. The molecule has 0 bridgehead atoms. The average Bonchev–Trinajstić information content (AvgIpc) is 3.06. The first-order valence-corrected chi connectivity index (χ1v) is 9.21. The topological polar surface area (TPSA) is 48.9 Å². The number of hydrogen-bond donors (Lipinski definition) is 2. The van der Waals surface area contributed by atoms with Gasteiger partial charge in [0.25, 0.3) is 0 Å². The third-order valence-electron chi connectivity index (χ3n) is 4.73. The lowest BCUT2D eigenvalue weighted by Crippen LogP contribution is -2.46. The SMILES string of the molecule is CCNC(=NCC1CCCO1)NCCN1CCCCC1CC.I. The summed E-state index contributed by atoms with van der Waals surface area (Å²) in [5.41, 5.74) is 0. The highest BCUT2D eigenvalue weighted by atomic mass is 127. The molecular weight excluding hydrogens is 403 g/mol. The van der Waals surface area contributed by atoms with Crippen LogP contribution < -0.4 is 10.6 Å². The first-order valence-electron chi connectivity index (χ1n) is 9.21. The van der Waals surface area contributed by atoms with E-state index in [1.165, 1.54) is 38.6 Å². The number of halogens is 1. The van der Waals surface area contributed by atoms with Gasteiger partial charge in [-0.2, -0.15) is 0 Å². The lowest BCUT2D eigenvalue weighted by atomic mass is 10.0. The van der Waals surface area contributed by atoms with Crippen LogP contribution in [-0.4, -0.2) is 62.3 Å². The molecule has 23 heavy (non-hydrogen) atoms. The summed E-state index contributed by atoms with van der Waals surface area (Å²) in [6.07, 6.45) is 8.03. The van der Waals surface area contributed by atoms with Crippen molar-refractivity contribution in [2.24, 2.45) is 4.99 Å². The van der Waals surface area contributed by atoms with E-state index in [-0.39, 0.29) is 24.0 Å². The first kappa shape index (κ1) is 21.0. The number of ether oxygens (including phenoxy) is 1. The molecule has 2 aliphatic rings. The Morgan fingerprint density at radius 1 is 1.17 bits per heavy atom. The van der Waals surface area contributed by atoms with Gasteiger partial charge in [-0.3, -0.25) is 9.89 Å². The molecule has 0 aromatic heterocycles. The third-order valence-corrected chi connectivity index (χ3v) is 4.73. The minimum atomic E-state index is 0. The van der Waals surface area contributed by atoms with Crippen LogP contribution in [0.1, 0.15) is 52.4 Å². The summed E-state index contributed by atoms with van der Waals surface area (Å²) < 4.78 is 5.64. The maximum atomic E-state index is 5.64. The van der Waals surface area contributed by atoms with Gasteiger partial charge in [-0.05, 0) is 45.6 Å². The Labute approximate surface area is 159 Å². The van der Waals surface area contributed by atoms with Crippen molar-refractivity contribution >= 4 is 29.9 Å². The predicted molar refractivity (Wildman–Crippen MR) is 108 cm³/mol. The minimum Gasteiger partial charge on any atom is -0.376 e. The van der Waals surface area contributed by atoms with Crippen molar-refractivity contribution in [3.8, 4) is 0 Å².